The van der Waals surface area contributed by atoms with Crippen molar-refractivity contribution >= 4 is 45.1 Å². The molecule has 3 aromatic rings. The van der Waals surface area contributed by atoms with Crippen molar-refractivity contribution in [2.75, 3.05) is 64.8 Å². The van der Waals surface area contributed by atoms with Crippen LogP contribution in [0.5, 0.6) is 0 Å². The number of allylic oxidation sites excluding steroid dienone is 2. The minimum absolute atomic E-state index is 1.09. The number of nitrogens with zero attached hydrogens (tertiary/aromatic N) is 4. The lowest BCUT2D eigenvalue weighted by molar-refractivity contribution is -0.899. The van der Waals surface area contributed by atoms with Crippen LogP contribution in [-0.2, 0) is 6.54 Å². The number of likely N-dealkylation sites (tertiary alicyclic amines) is 2. The van der Waals surface area contributed by atoms with E-state index in [1.165, 1.54) is 118 Å². The maximum Gasteiger partial charge on any atom is 0.262 e. The van der Waals surface area contributed by atoms with Gasteiger partial charge in [0.25, 0.3) is 5.01 Å². The van der Waals surface area contributed by atoms with Crippen LogP contribution in [0.15, 0.2) is 70.6 Å². The molecular weight excluding hydrogens is 517 g/mol. The highest BCUT2D eigenvalue weighted by Gasteiger charge is 2.29. The molecule has 3 aliphatic rings. The Labute approximate surface area is 243 Å². The number of thioether (sulfide) groups is 1. The normalized spacial score (nSPS) is 21.1. The highest BCUT2D eigenvalue weighted by Crippen LogP contribution is 2.45. The molecule has 39 heavy (non-hydrogen) atoms. The third kappa shape index (κ3) is 6.14. The van der Waals surface area contributed by atoms with Gasteiger partial charge in [-0.1, -0.05) is 53.4 Å². The van der Waals surface area contributed by atoms with E-state index in [1.807, 2.05) is 23.1 Å². The monoisotopic (exact) mass is 561 g/mol. The molecule has 206 valence electrons. The molecule has 0 spiro atoms. The summed E-state index contributed by atoms with van der Waals surface area (Å²) in [5.74, 6) is 0. The molecule has 0 radical (unpaired) electrons. The minimum Gasteiger partial charge on any atom is -0.335 e. The van der Waals surface area contributed by atoms with E-state index < -0.39 is 0 Å². The van der Waals surface area contributed by atoms with Crippen molar-refractivity contribution in [2.45, 2.75) is 50.0 Å². The first-order valence-corrected chi connectivity index (χ1v) is 16.7. The molecule has 1 aromatic heterocycles. The number of rotatable bonds is 10. The van der Waals surface area contributed by atoms with Crippen molar-refractivity contribution in [2.24, 2.45) is 0 Å². The van der Waals surface area contributed by atoms with Crippen LogP contribution in [0.2, 0.25) is 0 Å². The van der Waals surface area contributed by atoms with Gasteiger partial charge in [0.05, 0.1) is 70.5 Å². The molecule has 0 N–H and O–H groups in total. The summed E-state index contributed by atoms with van der Waals surface area (Å²) in [6.07, 6.45) is 15.0. The van der Waals surface area contributed by atoms with Crippen molar-refractivity contribution < 1.29 is 13.5 Å². The second kappa shape index (κ2) is 11.8. The molecule has 2 fully saturated rings. The molecule has 0 amide bonds. The fourth-order valence-corrected chi connectivity index (χ4v) is 9.10. The number of aromatic nitrogens is 1. The van der Waals surface area contributed by atoms with E-state index in [9.17, 15) is 0 Å². The van der Waals surface area contributed by atoms with Gasteiger partial charge in [-0.25, -0.2) is 0 Å². The van der Waals surface area contributed by atoms with E-state index >= 15 is 0 Å². The van der Waals surface area contributed by atoms with Crippen molar-refractivity contribution in [3.05, 3.63) is 70.7 Å². The van der Waals surface area contributed by atoms with E-state index in [1.54, 1.807) is 0 Å². The first-order valence-electron chi connectivity index (χ1n) is 15.0. The smallest absolute Gasteiger partial charge is 0.262 e. The highest BCUT2D eigenvalue weighted by molar-refractivity contribution is 8.03. The Morgan fingerprint density at radius 2 is 1.51 bits per heavy atom. The third-order valence-electron chi connectivity index (χ3n) is 9.20. The molecule has 3 aliphatic heterocycles. The fourth-order valence-electron chi connectivity index (χ4n) is 6.89. The molecule has 2 saturated heterocycles. The minimum atomic E-state index is 1.09. The van der Waals surface area contributed by atoms with Crippen LogP contribution in [0.3, 0.4) is 0 Å². The van der Waals surface area contributed by atoms with Crippen molar-refractivity contribution in [1.29, 1.82) is 0 Å². The van der Waals surface area contributed by atoms with Gasteiger partial charge < -0.3 is 13.9 Å². The first-order chi connectivity index (χ1) is 19.0. The average molecular weight is 562 g/mol. The molecule has 0 saturated carbocycles. The average Bonchev–Trinajstić information content (AvgIpc) is 3.72. The van der Waals surface area contributed by atoms with Crippen LogP contribution < -0.4 is 9.47 Å². The summed E-state index contributed by atoms with van der Waals surface area (Å²) in [6.45, 7) is 10.2. The first kappa shape index (κ1) is 27.1. The number of benzene rings is 2. The number of quaternary nitrogens is 2. The maximum absolute atomic E-state index is 2.56. The van der Waals surface area contributed by atoms with Crippen LogP contribution in [0.4, 0.5) is 5.69 Å². The highest BCUT2D eigenvalue weighted by atomic mass is 32.2. The zero-order chi connectivity index (χ0) is 26.7. The Morgan fingerprint density at radius 1 is 0.846 bits per heavy atom. The largest absolute Gasteiger partial charge is 0.335 e. The standard InChI is InChI=1S/C33H45N4S2/c1-36(22-7-8-23-36)26-12-20-34-28-14-3-5-16-30(28)38-32(34)18-11-19-33-35(29-15-4-6-17-31(29)39-33)21-13-27-37(2)24-9-10-25-37/h3-6,11,14-19H,7-10,12-13,20-27H2,1-2H3/q+3. The Hall–Kier alpha value is -2.12. The summed E-state index contributed by atoms with van der Waals surface area (Å²) in [4.78, 5) is 3.94. The van der Waals surface area contributed by atoms with Gasteiger partial charge in [0.15, 0.2) is 6.54 Å². The molecule has 0 unspecified atom stereocenters. The van der Waals surface area contributed by atoms with Gasteiger partial charge in [0.1, 0.15) is 4.70 Å². The van der Waals surface area contributed by atoms with Gasteiger partial charge in [0, 0.05) is 55.7 Å². The number of fused-ring (bicyclic) bond motifs is 2. The quantitative estimate of drug-likeness (QED) is 0.196. The van der Waals surface area contributed by atoms with Gasteiger partial charge in [-0.2, -0.15) is 4.57 Å². The van der Waals surface area contributed by atoms with Gasteiger partial charge in [-0.3, -0.25) is 0 Å². The van der Waals surface area contributed by atoms with Crippen LogP contribution in [0.1, 0.15) is 43.5 Å². The number of thiazole rings is 1. The number of aryl methyl sites for hydroxylation is 1. The fraction of sp³-hybridized carbons (Fsp3) is 0.485. The second-order valence-electron chi connectivity index (χ2n) is 12.3. The van der Waals surface area contributed by atoms with E-state index in [2.05, 4.69) is 90.3 Å². The van der Waals surface area contributed by atoms with Gasteiger partial charge in [-0.05, 0) is 24.3 Å². The lowest BCUT2D eigenvalue weighted by Crippen LogP contribution is -2.44. The zero-order valence-corrected chi connectivity index (χ0v) is 25.5. The molecule has 0 atom stereocenters. The molecule has 6 rings (SSSR count). The Balaban J connectivity index is 1.18. The SMILES string of the molecule is C[N+]1(CCCN2/C(=C\C=C\c3sc4ccccc4[n+]3CCC[N+]3(C)CCCC3)Sc3ccccc32)CCCC1. The van der Waals surface area contributed by atoms with E-state index in [0.29, 0.717) is 0 Å². The predicted octanol–water partition coefficient (Wildman–Crippen LogP) is 6.92. The van der Waals surface area contributed by atoms with Crippen molar-refractivity contribution in [3.63, 3.8) is 0 Å². The van der Waals surface area contributed by atoms with Crippen LogP contribution in [-0.4, -0.2) is 68.9 Å². The summed E-state index contributed by atoms with van der Waals surface area (Å²) in [5, 5.41) is 2.71. The van der Waals surface area contributed by atoms with E-state index in [-0.39, 0.29) is 0 Å². The lowest BCUT2D eigenvalue weighted by Gasteiger charge is -2.30. The summed E-state index contributed by atoms with van der Waals surface area (Å²) < 4.78 is 6.46. The third-order valence-corrected chi connectivity index (χ3v) is 11.5. The Bertz CT molecular complexity index is 1340. The Morgan fingerprint density at radius 3 is 2.28 bits per heavy atom. The summed E-state index contributed by atoms with van der Waals surface area (Å²) in [7, 11) is 4.90. The van der Waals surface area contributed by atoms with Crippen LogP contribution in [0.25, 0.3) is 16.3 Å². The Kier molecular flexibility index (Phi) is 8.17. The zero-order valence-electron chi connectivity index (χ0n) is 23.9. The molecular formula is C33H45N4S2+3. The van der Waals surface area contributed by atoms with Crippen molar-refractivity contribution in [1.82, 2.24) is 0 Å². The van der Waals surface area contributed by atoms with Crippen LogP contribution >= 0.6 is 23.1 Å². The molecule has 4 heterocycles. The number of hydrogen-bond acceptors (Lipinski definition) is 3. The topological polar surface area (TPSA) is 7.12 Å². The maximum atomic E-state index is 2.56. The molecule has 0 aliphatic carbocycles. The molecule has 2 aromatic carbocycles. The van der Waals surface area contributed by atoms with Gasteiger partial charge in [-0.15, -0.1) is 0 Å². The summed E-state index contributed by atoms with van der Waals surface area (Å²) in [6, 6.07) is 17.8. The van der Waals surface area contributed by atoms with Gasteiger partial charge in [0.2, 0.25) is 5.52 Å². The number of para-hydroxylation sites is 2. The predicted molar refractivity (Wildman–Crippen MR) is 168 cm³/mol. The summed E-state index contributed by atoms with van der Waals surface area (Å²) in [5.41, 5.74) is 2.75. The number of hydrogen-bond donors (Lipinski definition) is 0. The van der Waals surface area contributed by atoms with Crippen LogP contribution in [0, 0.1) is 0 Å². The van der Waals surface area contributed by atoms with E-state index in [4.69, 9.17) is 0 Å². The molecule has 6 heteroatoms. The van der Waals surface area contributed by atoms with E-state index in [0.717, 1.165) is 13.1 Å². The molecule has 4 nitrogen and oxygen atoms in total. The van der Waals surface area contributed by atoms with Crippen molar-refractivity contribution in [3.8, 4) is 0 Å². The molecule has 0 bridgehead atoms. The lowest BCUT2D eigenvalue weighted by atomic mass is 10.2. The summed E-state index contributed by atoms with van der Waals surface area (Å²) >= 11 is 3.85. The number of anilines is 1. The van der Waals surface area contributed by atoms with Gasteiger partial charge >= 0.3 is 0 Å². The second-order valence-corrected chi connectivity index (χ2v) is 14.5.